The Kier molecular flexibility index (Phi) is 4.05. The van der Waals surface area contributed by atoms with Gasteiger partial charge < -0.3 is 4.90 Å². The Bertz CT molecular complexity index is 580. The van der Waals surface area contributed by atoms with Crippen molar-refractivity contribution in [3.63, 3.8) is 0 Å². The lowest BCUT2D eigenvalue weighted by Crippen LogP contribution is -2.26. The summed E-state index contributed by atoms with van der Waals surface area (Å²) in [5.41, 5.74) is 4.28. The zero-order valence-electron chi connectivity index (χ0n) is 11.9. The van der Waals surface area contributed by atoms with Crippen LogP contribution in [0.5, 0.6) is 0 Å². The number of carbonyl (C=O) groups is 1. The number of nitrogens with zero attached hydrogens (tertiary/aromatic N) is 1. The van der Waals surface area contributed by atoms with Crippen molar-refractivity contribution in [3.8, 4) is 0 Å². The zero-order valence-corrected chi connectivity index (χ0v) is 12.7. The third-order valence-corrected chi connectivity index (χ3v) is 4.17. The van der Waals surface area contributed by atoms with Gasteiger partial charge in [0.1, 0.15) is 0 Å². The van der Waals surface area contributed by atoms with Gasteiger partial charge in [0.25, 0.3) is 5.91 Å². The SMILES string of the molecule is Cc1cc(C)cc(C(=O)N(C)Cc2sccc2C)c1. The molecule has 0 bridgehead atoms. The summed E-state index contributed by atoms with van der Waals surface area (Å²) >= 11 is 1.70. The average Bonchev–Trinajstić information content (AvgIpc) is 2.72. The first kappa shape index (κ1) is 13.8. The van der Waals surface area contributed by atoms with Gasteiger partial charge in [-0.1, -0.05) is 17.2 Å². The van der Waals surface area contributed by atoms with Crippen LogP contribution < -0.4 is 0 Å². The highest BCUT2D eigenvalue weighted by Crippen LogP contribution is 2.19. The van der Waals surface area contributed by atoms with E-state index in [0.717, 1.165) is 16.7 Å². The van der Waals surface area contributed by atoms with E-state index in [2.05, 4.69) is 24.4 Å². The van der Waals surface area contributed by atoms with Crippen molar-refractivity contribution in [1.82, 2.24) is 4.90 Å². The smallest absolute Gasteiger partial charge is 0.253 e. The molecule has 0 aliphatic heterocycles. The van der Waals surface area contributed by atoms with Crippen LogP contribution in [0.4, 0.5) is 0 Å². The Morgan fingerprint density at radius 1 is 1.16 bits per heavy atom. The summed E-state index contributed by atoms with van der Waals surface area (Å²) < 4.78 is 0. The number of thiophene rings is 1. The van der Waals surface area contributed by atoms with Crippen molar-refractivity contribution in [2.24, 2.45) is 0 Å². The number of carbonyl (C=O) groups excluding carboxylic acids is 1. The summed E-state index contributed by atoms with van der Waals surface area (Å²) in [5.74, 6) is 0.0830. The van der Waals surface area contributed by atoms with Crippen LogP contribution in [-0.2, 0) is 6.54 Å². The molecule has 0 saturated carbocycles. The van der Waals surface area contributed by atoms with Gasteiger partial charge in [0, 0.05) is 17.5 Å². The van der Waals surface area contributed by atoms with Gasteiger partial charge in [-0.3, -0.25) is 4.79 Å². The highest BCUT2D eigenvalue weighted by atomic mass is 32.1. The highest BCUT2D eigenvalue weighted by Gasteiger charge is 2.14. The quantitative estimate of drug-likeness (QED) is 0.829. The zero-order chi connectivity index (χ0) is 14.0. The number of benzene rings is 1. The van der Waals surface area contributed by atoms with Gasteiger partial charge in [0.2, 0.25) is 0 Å². The van der Waals surface area contributed by atoms with E-state index in [-0.39, 0.29) is 5.91 Å². The Labute approximate surface area is 118 Å². The van der Waals surface area contributed by atoms with Gasteiger partial charge in [-0.2, -0.15) is 0 Å². The van der Waals surface area contributed by atoms with E-state index >= 15 is 0 Å². The standard InChI is InChI=1S/C16H19NOS/c1-11-7-12(2)9-14(8-11)16(18)17(4)10-15-13(3)5-6-19-15/h5-9H,10H2,1-4H3. The van der Waals surface area contributed by atoms with E-state index in [4.69, 9.17) is 0 Å². The summed E-state index contributed by atoms with van der Waals surface area (Å²) in [4.78, 5) is 15.5. The van der Waals surface area contributed by atoms with E-state index in [1.165, 1.54) is 10.4 Å². The molecule has 1 heterocycles. The second-order valence-electron chi connectivity index (χ2n) is 5.06. The fourth-order valence-electron chi connectivity index (χ4n) is 2.17. The lowest BCUT2D eigenvalue weighted by molar-refractivity contribution is 0.0786. The van der Waals surface area contributed by atoms with E-state index < -0.39 is 0 Å². The van der Waals surface area contributed by atoms with Gasteiger partial charge >= 0.3 is 0 Å². The minimum atomic E-state index is 0.0830. The van der Waals surface area contributed by atoms with E-state index in [9.17, 15) is 4.79 Å². The van der Waals surface area contributed by atoms with Crippen LogP contribution in [-0.4, -0.2) is 17.9 Å². The fourth-order valence-corrected chi connectivity index (χ4v) is 3.13. The third-order valence-electron chi connectivity index (χ3n) is 3.16. The van der Waals surface area contributed by atoms with Gasteiger partial charge in [-0.05, 0) is 49.9 Å². The van der Waals surface area contributed by atoms with Crippen molar-refractivity contribution in [1.29, 1.82) is 0 Å². The van der Waals surface area contributed by atoms with Crippen LogP contribution in [0.25, 0.3) is 0 Å². The Morgan fingerprint density at radius 2 is 1.79 bits per heavy atom. The van der Waals surface area contributed by atoms with Crippen LogP contribution in [0, 0.1) is 20.8 Å². The molecule has 0 fully saturated rings. The molecule has 1 aromatic heterocycles. The molecule has 0 unspecified atom stereocenters. The molecule has 0 aliphatic rings. The van der Waals surface area contributed by atoms with Crippen molar-refractivity contribution >= 4 is 17.2 Å². The largest absolute Gasteiger partial charge is 0.337 e. The van der Waals surface area contributed by atoms with Gasteiger partial charge in [0.05, 0.1) is 6.54 Å². The number of hydrogen-bond donors (Lipinski definition) is 0. The summed E-state index contributed by atoms with van der Waals surface area (Å²) in [6.07, 6.45) is 0. The molecule has 19 heavy (non-hydrogen) atoms. The minimum absolute atomic E-state index is 0.0830. The normalized spacial score (nSPS) is 10.5. The van der Waals surface area contributed by atoms with Crippen molar-refractivity contribution < 1.29 is 4.79 Å². The van der Waals surface area contributed by atoms with E-state index in [0.29, 0.717) is 6.54 Å². The molecule has 0 atom stereocenters. The van der Waals surface area contributed by atoms with Gasteiger partial charge in [-0.15, -0.1) is 11.3 Å². The predicted octanol–water partition coefficient (Wildman–Crippen LogP) is 3.95. The predicted molar refractivity (Wildman–Crippen MR) is 80.8 cm³/mol. The molecule has 100 valence electrons. The lowest BCUT2D eigenvalue weighted by atomic mass is 10.1. The van der Waals surface area contributed by atoms with Crippen molar-refractivity contribution in [3.05, 3.63) is 56.8 Å². The molecule has 0 radical (unpaired) electrons. The Morgan fingerprint density at radius 3 is 2.32 bits per heavy atom. The van der Waals surface area contributed by atoms with Crippen molar-refractivity contribution in [2.75, 3.05) is 7.05 Å². The molecular weight excluding hydrogens is 254 g/mol. The number of rotatable bonds is 3. The molecule has 3 heteroatoms. The second kappa shape index (κ2) is 5.57. The van der Waals surface area contributed by atoms with Gasteiger partial charge in [0.15, 0.2) is 0 Å². The van der Waals surface area contributed by atoms with Crippen LogP contribution in [0.15, 0.2) is 29.6 Å². The molecule has 1 aromatic carbocycles. The van der Waals surface area contributed by atoms with Crippen LogP contribution >= 0.6 is 11.3 Å². The van der Waals surface area contributed by atoms with Crippen LogP contribution in [0.2, 0.25) is 0 Å². The maximum absolute atomic E-state index is 12.4. The van der Waals surface area contributed by atoms with Gasteiger partial charge in [-0.25, -0.2) is 0 Å². The second-order valence-corrected chi connectivity index (χ2v) is 6.07. The van der Waals surface area contributed by atoms with Crippen molar-refractivity contribution in [2.45, 2.75) is 27.3 Å². The van der Waals surface area contributed by atoms with Crippen LogP contribution in [0.3, 0.4) is 0 Å². The highest BCUT2D eigenvalue weighted by molar-refractivity contribution is 7.10. The Balaban J connectivity index is 2.17. The number of aryl methyl sites for hydroxylation is 3. The summed E-state index contributed by atoms with van der Waals surface area (Å²) in [6.45, 7) is 6.80. The first-order valence-electron chi connectivity index (χ1n) is 6.34. The van der Waals surface area contributed by atoms with E-state index in [1.807, 2.05) is 33.0 Å². The molecular formula is C16H19NOS. The molecule has 2 aromatic rings. The maximum Gasteiger partial charge on any atom is 0.253 e. The average molecular weight is 273 g/mol. The summed E-state index contributed by atoms with van der Waals surface area (Å²) in [7, 11) is 1.86. The molecule has 0 aliphatic carbocycles. The molecule has 2 nitrogen and oxygen atoms in total. The maximum atomic E-state index is 12.4. The minimum Gasteiger partial charge on any atom is -0.337 e. The number of amides is 1. The molecule has 0 saturated heterocycles. The molecule has 1 amide bonds. The monoisotopic (exact) mass is 273 g/mol. The first-order chi connectivity index (χ1) is 8.97. The van der Waals surface area contributed by atoms with Crippen LogP contribution in [0.1, 0.15) is 31.9 Å². The molecule has 0 N–H and O–H groups in total. The fraction of sp³-hybridized carbons (Fsp3) is 0.312. The summed E-state index contributed by atoms with van der Waals surface area (Å²) in [6, 6.07) is 8.08. The summed E-state index contributed by atoms with van der Waals surface area (Å²) in [5, 5.41) is 2.07. The first-order valence-corrected chi connectivity index (χ1v) is 7.22. The Hall–Kier alpha value is -1.61. The number of hydrogen-bond acceptors (Lipinski definition) is 2. The molecule has 0 spiro atoms. The molecule has 2 rings (SSSR count). The third kappa shape index (κ3) is 3.24. The van der Waals surface area contributed by atoms with E-state index in [1.54, 1.807) is 16.2 Å². The topological polar surface area (TPSA) is 20.3 Å². The lowest BCUT2D eigenvalue weighted by Gasteiger charge is -2.17.